The van der Waals surface area contributed by atoms with Crippen LogP contribution >= 0.6 is 11.8 Å². The lowest BCUT2D eigenvalue weighted by Crippen LogP contribution is -2.15. The fourth-order valence-corrected chi connectivity index (χ4v) is 3.99. The van der Waals surface area contributed by atoms with Crippen LogP contribution in [0.2, 0.25) is 0 Å². The van der Waals surface area contributed by atoms with Crippen LogP contribution in [0.15, 0.2) is 71.3 Å². The number of hydrogen-bond donors (Lipinski definition) is 0. The largest absolute Gasteiger partial charge is 0.497 e. The van der Waals surface area contributed by atoms with Crippen LogP contribution in [-0.4, -0.2) is 31.3 Å². The molecule has 0 atom stereocenters. The van der Waals surface area contributed by atoms with Gasteiger partial charge in [0, 0.05) is 24.6 Å². The van der Waals surface area contributed by atoms with Crippen molar-refractivity contribution in [2.45, 2.75) is 31.0 Å². The number of ether oxygens (including phenoxy) is 2. The summed E-state index contributed by atoms with van der Waals surface area (Å²) in [6.07, 6.45) is 3.57. The SMILES string of the molecule is C=CCn1c(COc2ccc(OC)cc2)nnc1SCc1cc(=O)n2cc(C)ccc2n1. The lowest BCUT2D eigenvalue weighted by molar-refractivity contribution is 0.288. The van der Waals surface area contributed by atoms with Gasteiger partial charge in [-0.25, -0.2) is 4.98 Å². The van der Waals surface area contributed by atoms with Crippen molar-refractivity contribution in [1.82, 2.24) is 24.1 Å². The van der Waals surface area contributed by atoms with Crippen LogP contribution in [0, 0.1) is 6.92 Å². The summed E-state index contributed by atoms with van der Waals surface area (Å²) >= 11 is 1.47. The Bertz CT molecular complexity index is 1300. The highest BCUT2D eigenvalue weighted by Gasteiger charge is 2.14. The molecule has 3 aromatic heterocycles. The van der Waals surface area contributed by atoms with E-state index < -0.39 is 0 Å². The minimum absolute atomic E-state index is 0.101. The Morgan fingerprint density at radius 1 is 1.12 bits per heavy atom. The van der Waals surface area contributed by atoms with E-state index in [0.717, 1.165) is 11.3 Å². The second-order valence-corrected chi connectivity index (χ2v) is 8.01. The third kappa shape index (κ3) is 4.83. The first-order valence-corrected chi connectivity index (χ1v) is 11.0. The molecule has 0 saturated heterocycles. The molecule has 0 aliphatic rings. The fourth-order valence-electron chi connectivity index (χ4n) is 3.14. The standard InChI is InChI=1S/C23H23N5O3S/c1-4-11-27-21(14-31-19-8-6-18(30-3)7-9-19)25-26-23(27)32-15-17-12-22(29)28-13-16(2)5-10-20(28)24-17/h4-10,12-13H,1,11,14-15H2,2-3H3. The maximum absolute atomic E-state index is 12.4. The monoisotopic (exact) mass is 449 g/mol. The molecule has 0 bridgehead atoms. The molecule has 0 amide bonds. The summed E-state index contributed by atoms with van der Waals surface area (Å²) in [6, 6.07) is 12.7. The van der Waals surface area contributed by atoms with Gasteiger partial charge in [-0.2, -0.15) is 0 Å². The average Bonchev–Trinajstić information content (AvgIpc) is 3.19. The first-order valence-electron chi connectivity index (χ1n) is 9.99. The van der Waals surface area contributed by atoms with Crippen molar-refractivity contribution in [2.75, 3.05) is 7.11 Å². The van der Waals surface area contributed by atoms with Gasteiger partial charge < -0.3 is 9.47 Å². The van der Waals surface area contributed by atoms with Gasteiger partial charge in [-0.15, -0.1) is 16.8 Å². The summed E-state index contributed by atoms with van der Waals surface area (Å²) in [5.41, 5.74) is 2.22. The third-order valence-electron chi connectivity index (χ3n) is 4.74. The van der Waals surface area contributed by atoms with Gasteiger partial charge in [-0.05, 0) is 42.8 Å². The van der Waals surface area contributed by atoms with Crippen LogP contribution in [0.3, 0.4) is 0 Å². The number of pyridine rings is 1. The van der Waals surface area contributed by atoms with Crippen LogP contribution in [0.1, 0.15) is 17.1 Å². The number of thioether (sulfide) groups is 1. The molecule has 0 unspecified atom stereocenters. The summed E-state index contributed by atoms with van der Waals surface area (Å²) in [7, 11) is 1.62. The summed E-state index contributed by atoms with van der Waals surface area (Å²) in [6.45, 7) is 6.58. The molecule has 0 saturated carbocycles. The second kappa shape index (κ2) is 9.69. The van der Waals surface area contributed by atoms with Gasteiger partial charge in [-0.1, -0.05) is 23.9 Å². The summed E-state index contributed by atoms with van der Waals surface area (Å²) in [5, 5.41) is 9.30. The van der Waals surface area contributed by atoms with Crippen LogP contribution in [-0.2, 0) is 18.9 Å². The Labute approximate surface area is 189 Å². The van der Waals surface area contributed by atoms with Crippen molar-refractivity contribution < 1.29 is 9.47 Å². The van der Waals surface area contributed by atoms with E-state index in [2.05, 4.69) is 21.8 Å². The van der Waals surface area contributed by atoms with E-state index in [0.29, 0.717) is 40.4 Å². The van der Waals surface area contributed by atoms with E-state index in [4.69, 9.17) is 9.47 Å². The first-order chi connectivity index (χ1) is 15.6. The van der Waals surface area contributed by atoms with Crippen molar-refractivity contribution in [3.63, 3.8) is 0 Å². The minimum Gasteiger partial charge on any atom is -0.497 e. The average molecular weight is 450 g/mol. The molecule has 0 spiro atoms. The van der Waals surface area contributed by atoms with E-state index in [1.54, 1.807) is 29.8 Å². The summed E-state index contributed by atoms with van der Waals surface area (Å²) < 4.78 is 14.5. The van der Waals surface area contributed by atoms with E-state index >= 15 is 0 Å². The summed E-state index contributed by atoms with van der Waals surface area (Å²) in [4.78, 5) is 17.0. The van der Waals surface area contributed by atoms with Gasteiger partial charge in [0.2, 0.25) is 0 Å². The van der Waals surface area contributed by atoms with Crippen LogP contribution in [0.5, 0.6) is 11.5 Å². The highest BCUT2D eigenvalue weighted by atomic mass is 32.2. The molecule has 1 aromatic carbocycles. The van der Waals surface area contributed by atoms with Crippen LogP contribution in [0.4, 0.5) is 0 Å². The molecular weight excluding hydrogens is 426 g/mol. The quantitative estimate of drug-likeness (QED) is 0.285. The molecule has 32 heavy (non-hydrogen) atoms. The van der Waals surface area contributed by atoms with Gasteiger partial charge in [-0.3, -0.25) is 13.8 Å². The number of aryl methyl sites for hydroxylation is 1. The van der Waals surface area contributed by atoms with Crippen molar-refractivity contribution in [1.29, 1.82) is 0 Å². The molecule has 3 heterocycles. The number of aromatic nitrogens is 5. The molecule has 0 radical (unpaired) electrons. The molecule has 0 aliphatic heterocycles. The van der Waals surface area contributed by atoms with E-state index in [1.807, 2.05) is 47.9 Å². The highest BCUT2D eigenvalue weighted by molar-refractivity contribution is 7.98. The van der Waals surface area contributed by atoms with Crippen molar-refractivity contribution in [2.24, 2.45) is 0 Å². The van der Waals surface area contributed by atoms with E-state index in [-0.39, 0.29) is 12.2 Å². The molecule has 9 heteroatoms. The zero-order chi connectivity index (χ0) is 22.5. The Kier molecular flexibility index (Phi) is 6.55. The molecule has 8 nitrogen and oxygen atoms in total. The van der Waals surface area contributed by atoms with E-state index in [1.165, 1.54) is 11.8 Å². The van der Waals surface area contributed by atoms with Crippen molar-refractivity contribution in [3.05, 3.63) is 88.8 Å². The predicted octanol–water partition coefficient (Wildman–Crippen LogP) is 3.66. The van der Waals surface area contributed by atoms with Crippen molar-refractivity contribution >= 4 is 17.4 Å². The Morgan fingerprint density at radius 2 is 1.91 bits per heavy atom. The number of benzene rings is 1. The molecule has 4 aromatic rings. The Hall–Kier alpha value is -3.59. The van der Waals surface area contributed by atoms with Gasteiger partial charge in [0.25, 0.3) is 5.56 Å². The number of fused-ring (bicyclic) bond motifs is 1. The lowest BCUT2D eigenvalue weighted by Gasteiger charge is -2.10. The number of allylic oxidation sites excluding steroid dienone is 1. The first kappa shape index (κ1) is 21.6. The number of rotatable bonds is 9. The van der Waals surface area contributed by atoms with E-state index in [9.17, 15) is 4.79 Å². The minimum atomic E-state index is -0.101. The molecule has 0 N–H and O–H groups in total. The summed E-state index contributed by atoms with van der Waals surface area (Å²) in [5.74, 6) is 2.66. The maximum atomic E-state index is 12.4. The topological polar surface area (TPSA) is 83.5 Å². The second-order valence-electron chi connectivity index (χ2n) is 7.07. The molecule has 164 valence electrons. The zero-order valence-electron chi connectivity index (χ0n) is 17.9. The van der Waals surface area contributed by atoms with Crippen molar-refractivity contribution in [3.8, 4) is 11.5 Å². The number of hydrogen-bond acceptors (Lipinski definition) is 7. The fraction of sp³-hybridized carbons (Fsp3) is 0.217. The Balaban J connectivity index is 1.48. The van der Waals surface area contributed by atoms with Crippen LogP contribution < -0.4 is 15.0 Å². The number of methoxy groups -OCH3 is 1. The zero-order valence-corrected chi connectivity index (χ0v) is 18.7. The van der Waals surface area contributed by atoms with Gasteiger partial charge in [0.1, 0.15) is 23.8 Å². The molecular formula is C23H23N5O3S. The number of nitrogens with zero attached hydrogens (tertiary/aromatic N) is 5. The van der Waals surface area contributed by atoms with Gasteiger partial charge >= 0.3 is 0 Å². The molecule has 0 fully saturated rings. The smallest absolute Gasteiger partial charge is 0.258 e. The molecule has 4 rings (SSSR count). The van der Waals surface area contributed by atoms with Gasteiger partial charge in [0.05, 0.1) is 12.8 Å². The maximum Gasteiger partial charge on any atom is 0.258 e. The third-order valence-corrected chi connectivity index (χ3v) is 5.74. The van der Waals surface area contributed by atoms with Gasteiger partial charge in [0.15, 0.2) is 11.0 Å². The lowest BCUT2D eigenvalue weighted by atomic mass is 10.3. The normalized spacial score (nSPS) is 10.9. The van der Waals surface area contributed by atoms with Crippen LogP contribution in [0.25, 0.3) is 5.65 Å². The predicted molar refractivity (Wildman–Crippen MR) is 123 cm³/mol. The Morgan fingerprint density at radius 3 is 2.66 bits per heavy atom. The highest BCUT2D eigenvalue weighted by Crippen LogP contribution is 2.23. The molecule has 0 aliphatic carbocycles.